The van der Waals surface area contributed by atoms with Gasteiger partial charge >= 0.3 is 0 Å². The van der Waals surface area contributed by atoms with E-state index < -0.39 is 41.4 Å². The summed E-state index contributed by atoms with van der Waals surface area (Å²) >= 11 is 0. The summed E-state index contributed by atoms with van der Waals surface area (Å²) in [5.74, 6) is -3.20. The van der Waals surface area contributed by atoms with Crippen LogP contribution >= 0.6 is 0 Å². The molecule has 3 aliphatic carbocycles. The number of benzene rings is 1. The second kappa shape index (κ2) is 9.88. The first-order valence-corrected chi connectivity index (χ1v) is 14.0. The third-order valence-electron chi connectivity index (χ3n) is 8.97. The number of rotatable bonds is 8. The molecule has 1 saturated heterocycles. The van der Waals surface area contributed by atoms with E-state index in [4.69, 9.17) is 0 Å². The first kappa shape index (κ1) is 25.7. The topological polar surface area (TPSA) is 128 Å². The van der Waals surface area contributed by atoms with Crippen LogP contribution in [0.4, 0.5) is 4.39 Å². The van der Waals surface area contributed by atoms with Crippen molar-refractivity contribution in [2.24, 2.45) is 11.3 Å². The van der Waals surface area contributed by atoms with Crippen LogP contribution in [0.1, 0.15) is 74.7 Å². The molecule has 1 aliphatic heterocycles. The Hall–Kier alpha value is -3.56. The van der Waals surface area contributed by atoms with Gasteiger partial charge in [0.05, 0.1) is 6.04 Å². The van der Waals surface area contributed by atoms with Gasteiger partial charge in [0, 0.05) is 35.8 Å². The van der Waals surface area contributed by atoms with Gasteiger partial charge in [0.25, 0.3) is 11.8 Å². The molecule has 10 heteroatoms. The van der Waals surface area contributed by atoms with E-state index in [1.165, 1.54) is 17.0 Å². The lowest BCUT2D eigenvalue weighted by atomic mass is 9.86. The number of H-pyrrole nitrogens is 1. The van der Waals surface area contributed by atoms with Crippen molar-refractivity contribution < 1.29 is 28.4 Å². The van der Waals surface area contributed by atoms with Gasteiger partial charge < -0.3 is 20.5 Å². The zero-order valence-electron chi connectivity index (χ0n) is 21.8. The number of aromatic nitrogens is 1. The fourth-order valence-electron chi connectivity index (χ4n) is 6.20. The third kappa shape index (κ3) is 5.21. The number of hydrogen-bond donors (Lipinski definition) is 3. The van der Waals surface area contributed by atoms with E-state index in [9.17, 15) is 28.4 Å². The highest BCUT2D eigenvalue weighted by Crippen LogP contribution is 2.55. The number of carbonyl (C=O) groups is 5. The molecule has 3 N–H and O–H groups in total. The van der Waals surface area contributed by atoms with Crippen molar-refractivity contribution in [3.63, 3.8) is 0 Å². The predicted molar refractivity (Wildman–Crippen MR) is 139 cm³/mol. The quantitative estimate of drug-likeness (QED) is 0.447. The molecule has 3 amide bonds. The molecule has 9 nitrogen and oxygen atoms in total. The summed E-state index contributed by atoms with van der Waals surface area (Å²) in [6.07, 6.45) is 6.66. The van der Waals surface area contributed by atoms with E-state index in [-0.39, 0.29) is 35.3 Å². The minimum atomic E-state index is -1.14. The maximum Gasteiger partial charge on any atom is 0.289 e. The normalized spacial score (nSPS) is 24.5. The first-order chi connectivity index (χ1) is 18.7. The molecule has 6 rings (SSSR count). The SMILES string of the molecule is O=C(NC1CC1)C(=O)[C@H](C[C@@H]1CCCC1=O)NC(=O)[C@@H]1CC2(CCN1C(=O)c1cc3c(F)cccc3[nH]1)CC2. The van der Waals surface area contributed by atoms with Crippen LogP contribution in [0.2, 0.25) is 0 Å². The van der Waals surface area contributed by atoms with Crippen molar-refractivity contribution in [1.82, 2.24) is 20.5 Å². The van der Waals surface area contributed by atoms with Gasteiger partial charge in [-0.25, -0.2) is 4.39 Å². The molecule has 2 heterocycles. The number of hydrogen-bond acceptors (Lipinski definition) is 5. The number of piperidine rings is 1. The minimum Gasteiger partial charge on any atom is -0.350 e. The molecule has 2 aromatic rings. The third-order valence-corrected chi connectivity index (χ3v) is 8.97. The van der Waals surface area contributed by atoms with Crippen LogP contribution in [0, 0.1) is 17.2 Å². The van der Waals surface area contributed by atoms with E-state index in [1.807, 2.05) is 0 Å². The number of fused-ring (bicyclic) bond motifs is 1. The van der Waals surface area contributed by atoms with Crippen molar-refractivity contribution in [2.75, 3.05) is 6.54 Å². The van der Waals surface area contributed by atoms with Crippen LogP contribution in [0.3, 0.4) is 0 Å². The van der Waals surface area contributed by atoms with Crippen molar-refractivity contribution in [1.29, 1.82) is 0 Å². The highest BCUT2D eigenvalue weighted by atomic mass is 19.1. The second-order valence-electron chi connectivity index (χ2n) is 11.8. The summed E-state index contributed by atoms with van der Waals surface area (Å²) in [6, 6.07) is 4.02. The Bertz CT molecular complexity index is 1360. The lowest BCUT2D eigenvalue weighted by Gasteiger charge is -2.39. The number of ketones is 2. The predicted octanol–water partition coefficient (Wildman–Crippen LogP) is 2.78. The van der Waals surface area contributed by atoms with Crippen LogP contribution in [0.5, 0.6) is 0 Å². The molecule has 0 bridgehead atoms. The molecule has 1 spiro atoms. The van der Waals surface area contributed by atoms with Gasteiger partial charge in [-0.3, -0.25) is 24.0 Å². The van der Waals surface area contributed by atoms with Gasteiger partial charge in [-0.1, -0.05) is 6.07 Å². The number of nitrogens with one attached hydrogen (secondary N) is 3. The number of amides is 3. The summed E-state index contributed by atoms with van der Waals surface area (Å²) in [7, 11) is 0. The van der Waals surface area contributed by atoms with Gasteiger partial charge in [0.1, 0.15) is 23.3 Å². The fourth-order valence-corrected chi connectivity index (χ4v) is 6.20. The zero-order chi connectivity index (χ0) is 27.3. The van der Waals surface area contributed by atoms with Crippen LogP contribution in [0.15, 0.2) is 24.3 Å². The van der Waals surface area contributed by atoms with E-state index in [2.05, 4.69) is 15.6 Å². The maximum atomic E-state index is 14.3. The summed E-state index contributed by atoms with van der Waals surface area (Å²) in [4.78, 5) is 70.0. The second-order valence-corrected chi connectivity index (χ2v) is 11.8. The highest BCUT2D eigenvalue weighted by Gasteiger charge is 2.51. The first-order valence-electron chi connectivity index (χ1n) is 14.0. The molecule has 3 saturated carbocycles. The van der Waals surface area contributed by atoms with Crippen LogP contribution in [-0.4, -0.2) is 63.8 Å². The Morgan fingerprint density at radius 2 is 1.92 bits per heavy atom. The summed E-state index contributed by atoms with van der Waals surface area (Å²) in [5.41, 5.74) is 0.673. The highest BCUT2D eigenvalue weighted by molar-refractivity contribution is 6.38. The Morgan fingerprint density at radius 3 is 2.59 bits per heavy atom. The molecule has 1 aromatic carbocycles. The average Bonchev–Trinajstić information content (AvgIpc) is 3.80. The largest absolute Gasteiger partial charge is 0.350 e. The number of Topliss-reactive ketones (excluding diaryl/α,β-unsaturated/α-hetero) is 2. The Morgan fingerprint density at radius 1 is 1.13 bits per heavy atom. The van der Waals surface area contributed by atoms with Crippen molar-refractivity contribution >= 4 is 40.2 Å². The number of aromatic amines is 1. The molecule has 0 unspecified atom stereocenters. The number of likely N-dealkylation sites (tertiary alicyclic amines) is 1. The van der Waals surface area contributed by atoms with Gasteiger partial charge in [0.15, 0.2) is 0 Å². The molecule has 1 aromatic heterocycles. The molecule has 39 heavy (non-hydrogen) atoms. The number of halogens is 1. The molecule has 4 aliphatic rings. The maximum absolute atomic E-state index is 14.3. The summed E-state index contributed by atoms with van der Waals surface area (Å²) < 4.78 is 14.3. The van der Waals surface area contributed by atoms with Gasteiger partial charge in [-0.2, -0.15) is 0 Å². The lowest BCUT2D eigenvalue weighted by molar-refractivity contribution is -0.141. The average molecular weight is 537 g/mol. The lowest BCUT2D eigenvalue weighted by Crippen LogP contribution is -2.58. The van der Waals surface area contributed by atoms with E-state index in [0.717, 1.165) is 38.5 Å². The fraction of sp³-hybridized carbons (Fsp3) is 0.552. The minimum absolute atomic E-state index is 0.00435. The Kier molecular flexibility index (Phi) is 6.51. The number of nitrogens with zero attached hydrogens (tertiary/aromatic N) is 1. The van der Waals surface area contributed by atoms with Crippen LogP contribution < -0.4 is 10.6 Å². The smallest absolute Gasteiger partial charge is 0.289 e. The van der Waals surface area contributed by atoms with E-state index in [0.29, 0.717) is 36.7 Å². The molecular weight excluding hydrogens is 503 g/mol. The molecule has 4 fully saturated rings. The van der Waals surface area contributed by atoms with Crippen molar-refractivity contribution in [2.45, 2.75) is 82.3 Å². The summed E-state index contributed by atoms with van der Waals surface area (Å²) in [5, 5.41) is 5.77. The zero-order valence-corrected chi connectivity index (χ0v) is 21.8. The van der Waals surface area contributed by atoms with Gasteiger partial charge in [-0.15, -0.1) is 0 Å². The monoisotopic (exact) mass is 536 g/mol. The van der Waals surface area contributed by atoms with Gasteiger partial charge in [0.2, 0.25) is 11.7 Å². The molecule has 206 valence electrons. The standard InChI is InChI=1S/C29H33FN4O5/c30-19-4-2-5-20-18(19)14-22(32-20)28(39)34-12-11-29(9-10-29)15-23(34)26(37)33-21(13-16-3-1-6-24(16)35)25(36)27(38)31-17-7-8-17/h2,4-5,14,16-17,21,23,32H,1,3,6-13,15H2,(H,31,38)(H,33,37)/t16-,21-,23-/m0/s1. The van der Waals surface area contributed by atoms with Crippen molar-refractivity contribution in [3.8, 4) is 0 Å². The Balaban J connectivity index is 1.24. The number of carbonyl (C=O) groups excluding carboxylic acids is 5. The Labute approximate surface area is 225 Å². The van der Waals surface area contributed by atoms with E-state index in [1.54, 1.807) is 12.1 Å². The molecule has 0 radical (unpaired) electrons. The van der Waals surface area contributed by atoms with Gasteiger partial charge in [-0.05, 0) is 81.4 Å². The van der Waals surface area contributed by atoms with Crippen LogP contribution in [-0.2, 0) is 19.2 Å². The molecular formula is C29H33FN4O5. The van der Waals surface area contributed by atoms with E-state index >= 15 is 0 Å². The van der Waals surface area contributed by atoms with Crippen LogP contribution in [0.25, 0.3) is 10.9 Å². The van der Waals surface area contributed by atoms with Crippen molar-refractivity contribution in [3.05, 3.63) is 35.8 Å². The summed E-state index contributed by atoms with van der Waals surface area (Å²) in [6.45, 7) is 0.358. The molecule has 3 atom stereocenters.